The smallest absolute Gasteiger partial charge is 0.249 e. The van der Waals surface area contributed by atoms with Gasteiger partial charge in [0.15, 0.2) is 0 Å². The van der Waals surface area contributed by atoms with Crippen molar-refractivity contribution in [3.05, 3.63) is 126 Å². The van der Waals surface area contributed by atoms with Gasteiger partial charge in [0, 0.05) is 22.9 Å². The van der Waals surface area contributed by atoms with E-state index in [1.165, 1.54) is 33.8 Å². The summed E-state index contributed by atoms with van der Waals surface area (Å²) in [6.07, 6.45) is 5.00. The molecule has 0 spiro atoms. The van der Waals surface area contributed by atoms with Crippen molar-refractivity contribution in [3.8, 4) is 11.8 Å². The summed E-state index contributed by atoms with van der Waals surface area (Å²) in [4.78, 5) is 30.0. The molecule has 44 heavy (non-hydrogen) atoms. The Kier molecular flexibility index (Phi) is 8.74. The molecule has 6 rings (SSSR count). The zero-order valence-corrected chi connectivity index (χ0v) is 24.2. The quantitative estimate of drug-likeness (QED) is 0.231. The number of carbonyl (C=O) groups excluding carboxylic acids is 2. The Morgan fingerprint density at radius 2 is 1.57 bits per heavy atom. The van der Waals surface area contributed by atoms with Gasteiger partial charge in [-0.05, 0) is 79.1 Å². The van der Waals surface area contributed by atoms with Gasteiger partial charge in [-0.2, -0.15) is 0 Å². The van der Waals surface area contributed by atoms with Gasteiger partial charge in [0.25, 0.3) is 0 Å². The van der Waals surface area contributed by atoms with Crippen molar-refractivity contribution >= 4 is 28.5 Å². The third-order valence-electron chi connectivity index (χ3n) is 7.86. The molecule has 5 aromatic rings. The second kappa shape index (κ2) is 13.3. The Balaban J connectivity index is 1.42. The average molecular weight is 586 g/mol. The molecule has 1 aliphatic carbocycles. The number of nitrogens with one attached hydrogen (secondary N) is 1. The lowest BCUT2D eigenvalue weighted by atomic mass is 9.94. The normalized spacial score (nSPS) is 13.9. The van der Waals surface area contributed by atoms with E-state index in [9.17, 15) is 14.0 Å². The summed E-state index contributed by atoms with van der Waals surface area (Å²) in [6.45, 7) is -0.168. The molecular weight excluding hydrogens is 553 g/mol. The number of halogens is 1. The molecule has 0 radical (unpaired) electrons. The van der Waals surface area contributed by atoms with E-state index in [1.54, 1.807) is 0 Å². The van der Waals surface area contributed by atoms with E-state index in [0.717, 1.165) is 37.7 Å². The molecule has 1 aliphatic rings. The SMILES string of the molecule is O=C(NC1CCCCC1)C(c1cccc(C#Cc2ccccc2)c1)N(C(=O)Cn1nnc2ccccc21)c1ccc(F)cc1. The maximum Gasteiger partial charge on any atom is 0.249 e. The van der Waals surface area contributed by atoms with Crippen LogP contribution in [0.5, 0.6) is 0 Å². The van der Waals surface area contributed by atoms with E-state index in [4.69, 9.17) is 0 Å². The first-order valence-electron chi connectivity index (χ1n) is 14.9. The molecule has 1 unspecified atom stereocenters. The van der Waals surface area contributed by atoms with E-state index in [1.807, 2.05) is 78.9 Å². The molecule has 0 aliphatic heterocycles. The fourth-order valence-corrected chi connectivity index (χ4v) is 5.67. The average Bonchev–Trinajstić information content (AvgIpc) is 3.46. The fourth-order valence-electron chi connectivity index (χ4n) is 5.67. The van der Waals surface area contributed by atoms with Gasteiger partial charge in [0.1, 0.15) is 23.9 Å². The zero-order valence-electron chi connectivity index (χ0n) is 24.2. The lowest BCUT2D eigenvalue weighted by molar-refractivity contribution is -0.127. The number of aromatic nitrogens is 3. The monoisotopic (exact) mass is 585 g/mol. The van der Waals surface area contributed by atoms with Crippen LogP contribution in [0.1, 0.15) is 54.8 Å². The highest BCUT2D eigenvalue weighted by Gasteiger charge is 2.34. The molecule has 1 aromatic heterocycles. The highest BCUT2D eigenvalue weighted by molar-refractivity contribution is 6.01. The van der Waals surface area contributed by atoms with E-state index < -0.39 is 17.8 Å². The van der Waals surface area contributed by atoms with Crippen molar-refractivity contribution in [1.82, 2.24) is 20.3 Å². The Hall–Kier alpha value is -5.29. The number of fused-ring (bicyclic) bond motifs is 1. The number of benzene rings is 4. The minimum Gasteiger partial charge on any atom is -0.351 e. The number of anilines is 1. The molecule has 1 atom stereocenters. The summed E-state index contributed by atoms with van der Waals surface area (Å²) in [7, 11) is 0. The van der Waals surface area contributed by atoms with Crippen LogP contribution < -0.4 is 10.2 Å². The topological polar surface area (TPSA) is 80.1 Å². The minimum atomic E-state index is -1.04. The molecule has 1 fully saturated rings. The molecule has 1 saturated carbocycles. The van der Waals surface area contributed by atoms with Gasteiger partial charge in [-0.1, -0.05) is 78.8 Å². The van der Waals surface area contributed by atoms with Gasteiger partial charge in [0.05, 0.1) is 5.52 Å². The van der Waals surface area contributed by atoms with Crippen LogP contribution in [0.4, 0.5) is 10.1 Å². The largest absolute Gasteiger partial charge is 0.351 e. The van der Waals surface area contributed by atoms with Crippen LogP contribution in [0.3, 0.4) is 0 Å². The summed E-state index contributed by atoms with van der Waals surface area (Å²) in [6, 6.07) is 29.0. The van der Waals surface area contributed by atoms with Gasteiger partial charge >= 0.3 is 0 Å². The van der Waals surface area contributed by atoms with E-state index in [-0.39, 0.29) is 18.5 Å². The molecule has 1 N–H and O–H groups in total. The number of hydrogen-bond donors (Lipinski definition) is 1. The van der Waals surface area contributed by atoms with Crippen LogP contribution >= 0.6 is 0 Å². The maximum atomic E-state index is 14.3. The molecule has 0 saturated heterocycles. The van der Waals surface area contributed by atoms with Crippen LogP contribution in [0.25, 0.3) is 11.0 Å². The van der Waals surface area contributed by atoms with Crippen molar-refractivity contribution in [2.75, 3.05) is 4.90 Å². The molecule has 220 valence electrons. The first-order chi connectivity index (χ1) is 21.5. The molecule has 8 heteroatoms. The molecular formula is C36H32FN5O2. The summed E-state index contributed by atoms with van der Waals surface area (Å²) >= 11 is 0. The van der Waals surface area contributed by atoms with Crippen LogP contribution in [-0.2, 0) is 16.1 Å². The predicted octanol–water partition coefficient (Wildman–Crippen LogP) is 6.19. The molecule has 2 amide bonds. The van der Waals surface area contributed by atoms with Crippen molar-refractivity contribution in [2.45, 2.75) is 50.7 Å². The Labute approximate surface area is 255 Å². The highest BCUT2D eigenvalue weighted by Crippen LogP contribution is 2.30. The van der Waals surface area contributed by atoms with E-state index >= 15 is 0 Å². The second-order valence-electron chi connectivity index (χ2n) is 11.0. The van der Waals surface area contributed by atoms with Gasteiger partial charge in [-0.3, -0.25) is 14.5 Å². The third-order valence-corrected chi connectivity index (χ3v) is 7.86. The molecule has 4 aromatic carbocycles. The lowest BCUT2D eigenvalue weighted by Gasteiger charge is -2.33. The predicted molar refractivity (Wildman–Crippen MR) is 168 cm³/mol. The zero-order chi connectivity index (χ0) is 30.3. The lowest BCUT2D eigenvalue weighted by Crippen LogP contribution is -2.48. The standard InChI is InChI=1S/C36H32FN5O2/c37-29-20-22-31(23-21-29)42(34(43)25-41-33-17-8-7-16-32(33)39-40-41)35(36(44)38-30-14-5-2-6-15-30)28-13-9-12-27(24-28)19-18-26-10-3-1-4-11-26/h1,3-4,7-13,16-17,20-24,30,35H,2,5-6,14-15,25H2,(H,38,44). The first kappa shape index (κ1) is 28.8. The Morgan fingerprint density at radius 3 is 2.36 bits per heavy atom. The fraction of sp³-hybridized carbons (Fsp3) is 0.222. The summed E-state index contributed by atoms with van der Waals surface area (Å²) in [5.74, 6) is 5.23. The Morgan fingerprint density at radius 1 is 0.864 bits per heavy atom. The molecule has 1 heterocycles. The van der Waals surface area contributed by atoms with E-state index in [0.29, 0.717) is 27.8 Å². The first-order valence-corrected chi connectivity index (χ1v) is 14.9. The third kappa shape index (κ3) is 6.68. The van der Waals surface area contributed by atoms with Crippen molar-refractivity contribution in [2.24, 2.45) is 0 Å². The van der Waals surface area contributed by atoms with Gasteiger partial charge in [0.2, 0.25) is 11.8 Å². The van der Waals surface area contributed by atoms with Crippen molar-refractivity contribution in [1.29, 1.82) is 0 Å². The number of nitrogens with zero attached hydrogens (tertiary/aromatic N) is 4. The van der Waals surface area contributed by atoms with Crippen LogP contribution in [0.15, 0.2) is 103 Å². The van der Waals surface area contributed by atoms with Crippen molar-refractivity contribution in [3.63, 3.8) is 0 Å². The van der Waals surface area contributed by atoms with Gasteiger partial charge in [-0.15, -0.1) is 5.10 Å². The molecule has 7 nitrogen and oxygen atoms in total. The highest BCUT2D eigenvalue weighted by atomic mass is 19.1. The number of rotatable bonds is 7. The van der Waals surface area contributed by atoms with Gasteiger partial charge < -0.3 is 5.32 Å². The van der Waals surface area contributed by atoms with E-state index in [2.05, 4.69) is 27.5 Å². The minimum absolute atomic E-state index is 0.0178. The second-order valence-corrected chi connectivity index (χ2v) is 11.0. The van der Waals surface area contributed by atoms with Crippen LogP contribution in [0, 0.1) is 17.7 Å². The molecule has 0 bridgehead atoms. The van der Waals surface area contributed by atoms with Crippen molar-refractivity contribution < 1.29 is 14.0 Å². The summed E-state index contributed by atoms with van der Waals surface area (Å²) in [5.41, 5.74) is 3.92. The number of para-hydroxylation sites is 1. The van der Waals surface area contributed by atoms with Crippen LogP contribution in [-0.4, -0.2) is 32.9 Å². The van der Waals surface area contributed by atoms with Gasteiger partial charge in [-0.25, -0.2) is 9.07 Å². The Bertz CT molecular complexity index is 1820. The number of hydrogen-bond acceptors (Lipinski definition) is 4. The summed E-state index contributed by atoms with van der Waals surface area (Å²) < 4.78 is 15.6. The summed E-state index contributed by atoms with van der Waals surface area (Å²) in [5, 5.41) is 11.6. The number of carbonyl (C=O) groups is 2. The maximum absolute atomic E-state index is 14.3. The van der Waals surface area contributed by atoms with Crippen LogP contribution in [0.2, 0.25) is 0 Å². The number of amides is 2.